The standard InChI is InChI=1S/C17H13N3O4/c1-8-4-13-15(17(21)20-8)14(10(6-18)16(19)24-13)9-2-3-11-12(5-9)23-7-22-11/h2-5,14H,7,19H2,1H3,(H,20,21)/t14-/m1/s1. The van der Waals surface area contributed by atoms with E-state index in [2.05, 4.69) is 11.1 Å². The molecule has 2 aromatic rings. The minimum atomic E-state index is -0.627. The molecule has 0 radical (unpaired) electrons. The summed E-state index contributed by atoms with van der Waals surface area (Å²) in [6, 6.07) is 9.04. The number of hydrogen-bond acceptors (Lipinski definition) is 6. The molecule has 0 saturated heterocycles. The molecular formula is C17H13N3O4. The van der Waals surface area contributed by atoms with E-state index in [0.717, 1.165) is 0 Å². The van der Waals surface area contributed by atoms with E-state index >= 15 is 0 Å². The van der Waals surface area contributed by atoms with E-state index in [4.69, 9.17) is 19.9 Å². The number of nitrogens with two attached hydrogens (primary N) is 1. The fourth-order valence-corrected chi connectivity index (χ4v) is 3.03. The highest BCUT2D eigenvalue weighted by Crippen LogP contribution is 2.43. The van der Waals surface area contributed by atoms with E-state index in [-0.39, 0.29) is 23.8 Å². The van der Waals surface area contributed by atoms with Crippen molar-refractivity contribution in [3.8, 4) is 23.3 Å². The molecule has 24 heavy (non-hydrogen) atoms. The second-order valence-corrected chi connectivity index (χ2v) is 5.60. The van der Waals surface area contributed by atoms with Crippen LogP contribution >= 0.6 is 0 Å². The number of fused-ring (bicyclic) bond motifs is 2. The Balaban J connectivity index is 1.96. The molecule has 0 fully saturated rings. The van der Waals surface area contributed by atoms with Crippen molar-refractivity contribution in [2.45, 2.75) is 12.8 Å². The van der Waals surface area contributed by atoms with Gasteiger partial charge in [-0.2, -0.15) is 5.26 Å². The summed E-state index contributed by atoms with van der Waals surface area (Å²) < 4.78 is 16.2. The number of ether oxygens (including phenoxy) is 3. The third-order valence-corrected chi connectivity index (χ3v) is 4.08. The Kier molecular flexibility index (Phi) is 3.00. The number of pyridine rings is 1. The minimum Gasteiger partial charge on any atom is -0.454 e. The predicted molar refractivity (Wildman–Crippen MR) is 83.7 cm³/mol. The highest BCUT2D eigenvalue weighted by molar-refractivity contribution is 5.57. The van der Waals surface area contributed by atoms with Crippen LogP contribution in [0.2, 0.25) is 0 Å². The van der Waals surface area contributed by atoms with Crippen LogP contribution in [0.15, 0.2) is 40.5 Å². The van der Waals surface area contributed by atoms with Crippen LogP contribution in [0.3, 0.4) is 0 Å². The maximum atomic E-state index is 12.5. The van der Waals surface area contributed by atoms with Crippen LogP contribution in [0.25, 0.3) is 0 Å². The Morgan fingerprint density at radius 3 is 2.83 bits per heavy atom. The highest BCUT2D eigenvalue weighted by Gasteiger charge is 2.34. The van der Waals surface area contributed by atoms with Crippen LogP contribution in [0.1, 0.15) is 22.7 Å². The normalized spacial score (nSPS) is 17.9. The van der Waals surface area contributed by atoms with Gasteiger partial charge < -0.3 is 24.9 Å². The lowest BCUT2D eigenvalue weighted by molar-refractivity contribution is 0.174. The summed E-state index contributed by atoms with van der Waals surface area (Å²) in [5.41, 5.74) is 7.50. The minimum absolute atomic E-state index is 0.00216. The first-order chi connectivity index (χ1) is 11.6. The van der Waals surface area contributed by atoms with Crippen molar-refractivity contribution in [1.29, 1.82) is 5.26 Å². The van der Waals surface area contributed by atoms with Gasteiger partial charge in [0, 0.05) is 11.8 Å². The lowest BCUT2D eigenvalue weighted by atomic mass is 9.84. The molecule has 7 heteroatoms. The Morgan fingerprint density at radius 2 is 2.04 bits per heavy atom. The Bertz CT molecular complexity index is 984. The molecule has 1 aromatic heterocycles. The first kappa shape index (κ1) is 14.2. The van der Waals surface area contributed by atoms with Crippen LogP contribution in [0.5, 0.6) is 17.2 Å². The van der Waals surface area contributed by atoms with Crippen molar-refractivity contribution in [2.24, 2.45) is 5.73 Å². The number of nitriles is 1. The summed E-state index contributed by atoms with van der Waals surface area (Å²) in [6.07, 6.45) is 0. The van der Waals surface area contributed by atoms with E-state index in [1.54, 1.807) is 31.2 Å². The van der Waals surface area contributed by atoms with Gasteiger partial charge in [0.25, 0.3) is 5.56 Å². The molecule has 0 saturated carbocycles. The van der Waals surface area contributed by atoms with Gasteiger partial charge in [-0.1, -0.05) is 6.07 Å². The molecule has 3 heterocycles. The predicted octanol–water partition coefficient (Wildman–Crippen LogP) is 1.63. The van der Waals surface area contributed by atoms with Crippen LogP contribution in [0, 0.1) is 18.3 Å². The number of rotatable bonds is 1. The zero-order chi connectivity index (χ0) is 16.8. The number of H-pyrrole nitrogens is 1. The smallest absolute Gasteiger partial charge is 0.256 e. The average Bonchev–Trinajstić information content (AvgIpc) is 3.00. The zero-order valence-electron chi connectivity index (χ0n) is 12.8. The number of aromatic amines is 1. The molecule has 1 atom stereocenters. The summed E-state index contributed by atoms with van der Waals surface area (Å²) >= 11 is 0. The number of hydrogen-bond donors (Lipinski definition) is 2. The van der Waals surface area contributed by atoms with Gasteiger partial charge in [0.15, 0.2) is 11.5 Å². The maximum absolute atomic E-state index is 12.5. The van der Waals surface area contributed by atoms with E-state index < -0.39 is 5.92 Å². The molecule has 1 aromatic carbocycles. The van der Waals surface area contributed by atoms with Gasteiger partial charge >= 0.3 is 0 Å². The van der Waals surface area contributed by atoms with Crippen molar-refractivity contribution in [3.63, 3.8) is 0 Å². The molecule has 3 N–H and O–H groups in total. The van der Waals surface area contributed by atoms with Crippen molar-refractivity contribution in [1.82, 2.24) is 4.98 Å². The second kappa shape index (κ2) is 5.06. The van der Waals surface area contributed by atoms with E-state index in [1.807, 2.05) is 0 Å². The molecule has 0 bridgehead atoms. The number of benzene rings is 1. The van der Waals surface area contributed by atoms with Crippen molar-refractivity contribution in [2.75, 3.05) is 6.79 Å². The van der Waals surface area contributed by atoms with Gasteiger partial charge in [0.1, 0.15) is 17.4 Å². The third kappa shape index (κ3) is 2.01. The van der Waals surface area contributed by atoms with Gasteiger partial charge in [-0.25, -0.2) is 0 Å². The second-order valence-electron chi connectivity index (χ2n) is 5.60. The summed E-state index contributed by atoms with van der Waals surface area (Å²) in [7, 11) is 0. The molecule has 0 amide bonds. The maximum Gasteiger partial charge on any atom is 0.256 e. The zero-order valence-corrected chi connectivity index (χ0v) is 12.8. The van der Waals surface area contributed by atoms with Crippen molar-refractivity contribution < 1.29 is 14.2 Å². The number of allylic oxidation sites excluding steroid dienone is 1. The Hall–Kier alpha value is -3.40. The summed E-state index contributed by atoms with van der Waals surface area (Å²) in [5.74, 6) is 0.921. The van der Waals surface area contributed by atoms with E-state index in [1.165, 1.54) is 0 Å². The van der Waals surface area contributed by atoms with Crippen LogP contribution in [-0.4, -0.2) is 11.8 Å². The van der Waals surface area contributed by atoms with Gasteiger partial charge in [-0.3, -0.25) is 4.79 Å². The molecule has 7 nitrogen and oxygen atoms in total. The molecule has 0 spiro atoms. The van der Waals surface area contributed by atoms with Gasteiger partial charge in [-0.05, 0) is 24.6 Å². The molecule has 0 unspecified atom stereocenters. The summed E-state index contributed by atoms with van der Waals surface area (Å²) in [4.78, 5) is 15.3. The van der Waals surface area contributed by atoms with Crippen molar-refractivity contribution in [3.05, 3.63) is 62.9 Å². The van der Waals surface area contributed by atoms with Gasteiger partial charge in [0.05, 0.1) is 11.5 Å². The first-order valence-corrected chi connectivity index (χ1v) is 7.29. The van der Waals surface area contributed by atoms with Crippen LogP contribution in [-0.2, 0) is 0 Å². The lowest BCUT2D eigenvalue weighted by Gasteiger charge is -2.25. The van der Waals surface area contributed by atoms with Crippen LogP contribution in [0.4, 0.5) is 0 Å². The molecule has 120 valence electrons. The third-order valence-electron chi connectivity index (χ3n) is 4.08. The molecule has 4 rings (SSSR count). The number of aromatic nitrogens is 1. The fraction of sp³-hybridized carbons (Fsp3) is 0.176. The Labute approximate surface area is 136 Å². The quantitative estimate of drug-likeness (QED) is 0.825. The molecular weight excluding hydrogens is 310 g/mol. The lowest BCUT2D eigenvalue weighted by Crippen LogP contribution is -2.28. The first-order valence-electron chi connectivity index (χ1n) is 7.29. The topological polar surface area (TPSA) is 110 Å². The van der Waals surface area contributed by atoms with Crippen LogP contribution < -0.4 is 25.5 Å². The van der Waals surface area contributed by atoms with E-state index in [0.29, 0.717) is 34.1 Å². The molecule has 2 aliphatic heterocycles. The summed E-state index contributed by atoms with van der Waals surface area (Å²) in [5, 5.41) is 9.52. The molecule has 0 aliphatic carbocycles. The molecule has 2 aliphatic rings. The Morgan fingerprint density at radius 1 is 1.25 bits per heavy atom. The van der Waals surface area contributed by atoms with E-state index in [9.17, 15) is 10.1 Å². The van der Waals surface area contributed by atoms with Gasteiger partial charge in [0.2, 0.25) is 12.7 Å². The largest absolute Gasteiger partial charge is 0.454 e. The monoisotopic (exact) mass is 323 g/mol. The fourth-order valence-electron chi connectivity index (χ4n) is 3.03. The SMILES string of the molecule is Cc1cc2c(c(=O)[nH]1)[C@H](c1ccc3c(c1)OCO3)C(C#N)=C(N)O2. The van der Waals surface area contributed by atoms with Gasteiger partial charge in [-0.15, -0.1) is 0 Å². The van der Waals surface area contributed by atoms with Crippen molar-refractivity contribution >= 4 is 0 Å². The average molecular weight is 323 g/mol. The number of nitrogens with zero attached hydrogens (tertiary/aromatic N) is 1. The highest BCUT2D eigenvalue weighted by atomic mass is 16.7. The number of nitrogens with one attached hydrogen (secondary N) is 1. The number of aryl methyl sites for hydroxylation is 1. The summed E-state index contributed by atoms with van der Waals surface area (Å²) in [6.45, 7) is 1.90.